The molecular formula is C17H15F3O6S. The van der Waals surface area contributed by atoms with E-state index in [2.05, 4.69) is 4.74 Å². The molecule has 0 heterocycles. The van der Waals surface area contributed by atoms with E-state index in [9.17, 15) is 26.4 Å². The predicted octanol–water partition coefficient (Wildman–Crippen LogP) is 3.63. The number of ether oxygens (including phenoxy) is 2. The molecule has 146 valence electrons. The number of para-hydroxylation sites is 1. The van der Waals surface area contributed by atoms with Gasteiger partial charge in [0.1, 0.15) is 16.4 Å². The third-order valence-corrected chi connectivity index (χ3v) is 4.38. The van der Waals surface area contributed by atoms with Crippen LogP contribution in [0.4, 0.5) is 13.2 Å². The van der Waals surface area contributed by atoms with Crippen LogP contribution in [-0.4, -0.2) is 27.2 Å². The summed E-state index contributed by atoms with van der Waals surface area (Å²) in [5.41, 5.74) is 0.552. The van der Waals surface area contributed by atoms with E-state index >= 15 is 0 Å². The molecule has 0 fully saturated rings. The Morgan fingerprint density at radius 2 is 1.70 bits per heavy atom. The standard InChI is InChI=1S/C17H15F3O6S/c1-11-7-13(24-12(2)10-21)9-14(8-11)26-27(22,23)16-6-4-3-5-15(16)25-17(18,19)20/h3-10,12H,1-2H3. The fourth-order valence-electron chi connectivity index (χ4n) is 2.11. The Balaban J connectivity index is 2.36. The van der Waals surface area contributed by atoms with Gasteiger partial charge in [-0.2, -0.15) is 8.42 Å². The van der Waals surface area contributed by atoms with Crippen molar-refractivity contribution in [3.05, 3.63) is 48.0 Å². The zero-order valence-corrected chi connectivity index (χ0v) is 15.0. The summed E-state index contributed by atoms with van der Waals surface area (Å²) in [6.07, 6.45) is -5.30. The first-order valence-electron chi connectivity index (χ1n) is 7.53. The highest BCUT2D eigenvalue weighted by molar-refractivity contribution is 7.87. The molecule has 0 radical (unpaired) electrons. The molecule has 1 unspecified atom stereocenters. The monoisotopic (exact) mass is 404 g/mol. The van der Waals surface area contributed by atoms with Crippen LogP contribution in [0.1, 0.15) is 12.5 Å². The third-order valence-electron chi connectivity index (χ3n) is 3.09. The number of carbonyl (C=O) groups is 1. The lowest BCUT2D eigenvalue weighted by molar-refractivity contribution is -0.275. The molecule has 0 spiro atoms. The summed E-state index contributed by atoms with van der Waals surface area (Å²) in [6, 6.07) is 8.31. The van der Waals surface area contributed by atoms with Crippen LogP contribution >= 0.6 is 0 Å². The van der Waals surface area contributed by atoms with E-state index in [1.165, 1.54) is 31.2 Å². The van der Waals surface area contributed by atoms with Gasteiger partial charge in [0.15, 0.2) is 18.1 Å². The molecule has 0 amide bonds. The van der Waals surface area contributed by atoms with Crippen molar-refractivity contribution in [1.82, 2.24) is 0 Å². The number of hydrogen-bond acceptors (Lipinski definition) is 6. The Labute approximate surface area is 153 Å². The zero-order valence-electron chi connectivity index (χ0n) is 14.2. The summed E-state index contributed by atoms with van der Waals surface area (Å²) < 4.78 is 76.3. The Kier molecular flexibility index (Phi) is 5.99. The molecule has 2 aromatic rings. The first kappa shape index (κ1) is 20.6. The topological polar surface area (TPSA) is 78.9 Å². The highest BCUT2D eigenvalue weighted by Crippen LogP contribution is 2.32. The van der Waals surface area contributed by atoms with Gasteiger partial charge in [-0.15, -0.1) is 13.2 Å². The minimum absolute atomic E-state index is 0.166. The highest BCUT2D eigenvalue weighted by atomic mass is 32.2. The fourth-order valence-corrected chi connectivity index (χ4v) is 3.15. The number of benzene rings is 2. The van der Waals surface area contributed by atoms with Gasteiger partial charge in [0, 0.05) is 6.07 Å². The van der Waals surface area contributed by atoms with E-state index in [1.54, 1.807) is 13.0 Å². The highest BCUT2D eigenvalue weighted by Gasteiger charge is 2.34. The maximum absolute atomic E-state index is 12.5. The van der Waals surface area contributed by atoms with Crippen LogP contribution < -0.4 is 13.7 Å². The average molecular weight is 404 g/mol. The van der Waals surface area contributed by atoms with Gasteiger partial charge < -0.3 is 13.7 Å². The van der Waals surface area contributed by atoms with Crippen LogP contribution in [0.25, 0.3) is 0 Å². The maximum atomic E-state index is 12.5. The summed E-state index contributed by atoms with van der Waals surface area (Å²) in [6.45, 7) is 3.11. The molecule has 6 nitrogen and oxygen atoms in total. The average Bonchev–Trinajstić information content (AvgIpc) is 2.52. The number of hydrogen-bond donors (Lipinski definition) is 0. The van der Waals surface area contributed by atoms with Crippen molar-refractivity contribution in [1.29, 1.82) is 0 Å². The summed E-state index contributed by atoms with van der Waals surface area (Å²) in [5.74, 6) is -0.937. The lowest BCUT2D eigenvalue weighted by atomic mass is 10.2. The van der Waals surface area contributed by atoms with Crippen molar-refractivity contribution in [3.63, 3.8) is 0 Å². The quantitative estimate of drug-likeness (QED) is 0.518. The number of carbonyl (C=O) groups excluding carboxylic acids is 1. The number of halogens is 3. The summed E-state index contributed by atoms with van der Waals surface area (Å²) in [7, 11) is -4.63. The van der Waals surface area contributed by atoms with Gasteiger partial charge in [-0.1, -0.05) is 12.1 Å². The zero-order chi connectivity index (χ0) is 20.2. The van der Waals surface area contributed by atoms with Crippen molar-refractivity contribution in [2.45, 2.75) is 31.2 Å². The van der Waals surface area contributed by atoms with Gasteiger partial charge in [-0.3, -0.25) is 4.79 Å². The van der Waals surface area contributed by atoms with Crippen molar-refractivity contribution in [2.75, 3.05) is 0 Å². The largest absolute Gasteiger partial charge is 0.573 e. The maximum Gasteiger partial charge on any atom is 0.573 e. The third kappa shape index (κ3) is 5.88. The van der Waals surface area contributed by atoms with E-state index in [0.29, 0.717) is 11.8 Å². The summed E-state index contributed by atoms with van der Waals surface area (Å²) in [4.78, 5) is 9.90. The minimum atomic E-state index is -5.07. The van der Waals surface area contributed by atoms with Gasteiger partial charge in [0.2, 0.25) is 0 Å². The molecule has 27 heavy (non-hydrogen) atoms. The van der Waals surface area contributed by atoms with Crippen LogP contribution in [0, 0.1) is 6.92 Å². The summed E-state index contributed by atoms with van der Waals surface area (Å²) >= 11 is 0. The van der Waals surface area contributed by atoms with E-state index in [1.807, 2.05) is 0 Å². The molecule has 0 saturated heterocycles. The lowest BCUT2D eigenvalue weighted by Crippen LogP contribution is -2.20. The minimum Gasteiger partial charge on any atom is -0.483 e. The molecule has 0 aromatic heterocycles. The molecule has 0 aliphatic carbocycles. The molecule has 10 heteroatoms. The van der Waals surface area contributed by atoms with E-state index in [-0.39, 0.29) is 11.5 Å². The van der Waals surface area contributed by atoms with Crippen molar-refractivity contribution < 1.29 is 40.0 Å². The van der Waals surface area contributed by atoms with Crippen molar-refractivity contribution in [3.8, 4) is 17.2 Å². The molecule has 1 atom stereocenters. The predicted molar refractivity (Wildman–Crippen MR) is 88.3 cm³/mol. The van der Waals surface area contributed by atoms with Crippen molar-refractivity contribution in [2.24, 2.45) is 0 Å². The molecular weight excluding hydrogens is 389 g/mol. The normalized spacial score (nSPS) is 12.9. The summed E-state index contributed by atoms with van der Waals surface area (Å²) in [5, 5.41) is 0. The Morgan fingerprint density at radius 3 is 2.33 bits per heavy atom. The first-order valence-corrected chi connectivity index (χ1v) is 8.94. The Bertz CT molecular complexity index is 925. The molecule has 0 N–H and O–H groups in total. The molecule has 0 aliphatic rings. The molecule has 2 aromatic carbocycles. The van der Waals surface area contributed by atoms with Crippen molar-refractivity contribution >= 4 is 16.4 Å². The van der Waals surface area contributed by atoms with Gasteiger partial charge in [0.05, 0.1) is 0 Å². The van der Waals surface area contributed by atoms with Gasteiger partial charge in [-0.25, -0.2) is 0 Å². The van der Waals surface area contributed by atoms with Gasteiger partial charge in [0.25, 0.3) is 0 Å². The smallest absolute Gasteiger partial charge is 0.483 e. The second-order valence-electron chi connectivity index (χ2n) is 5.47. The van der Waals surface area contributed by atoms with Crippen LogP contribution in [0.2, 0.25) is 0 Å². The number of aryl methyl sites for hydroxylation is 1. The molecule has 0 saturated carbocycles. The van der Waals surface area contributed by atoms with E-state index < -0.39 is 33.2 Å². The van der Waals surface area contributed by atoms with Gasteiger partial charge >= 0.3 is 16.5 Å². The number of alkyl halides is 3. The Morgan fingerprint density at radius 1 is 1.07 bits per heavy atom. The first-order chi connectivity index (χ1) is 12.5. The fraction of sp³-hybridized carbons (Fsp3) is 0.235. The molecule has 2 rings (SSSR count). The second-order valence-corrected chi connectivity index (χ2v) is 6.99. The van der Waals surface area contributed by atoms with E-state index in [4.69, 9.17) is 8.92 Å². The van der Waals surface area contributed by atoms with Crippen LogP contribution in [0.5, 0.6) is 17.2 Å². The van der Waals surface area contributed by atoms with Crippen LogP contribution in [-0.2, 0) is 14.9 Å². The van der Waals surface area contributed by atoms with Crippen LogP contribution in [0.3, 0.4) is 0 Å². The second kappa shape index (κ2) is 7.87. The molecule has 0 bridgehead atoms. The molecule has 0 aliphatic heterocycles. The SMILES string of the molecule is Cc1cc(OC(C)C=O)cc(OS(=O)(=O)c2ccccc2OC(F)(F)F)c1. The number of rotatable bonds is 7. The lowest BCUT2D eigenvalue weighted by Gasteiger charge is -2.15. The van der Waals surface area contributed by atoms with E-state index in [0.717, 1.165) is 12.1 Å². The van der Waals surface area contributed by atoms with Gasteiger partial charge in [-0.05, 0) is 43.7 Å². The van der Waals surface area contributed by atoms with Crippen LogP contribution in [0.15, 0.2) is 47.4 Å². The number of aldehydes is 1. The Hall–Kier alpha value is -2.75.